The van der Waals surface area contributed by atoms with Crippen LogP contribution >= 0.6 is 0 Å². The van der Waals surface area contributed by atoms with Crippen molar-refractivity contribution >= 4 is 17.6 Å². The summed E-state index contributed by atoms with van der Waals surface area (Å²) < 4.78 is 38.0. The Morgan fingerprint density at radius 3 is 1.86 bits per heavy atom. The minimum Gasteiger partial charge on any atom is -0.361 e. The number of piperazine rings is 1. The highest BCUT2D eigenvalue weighted by atomic mass is 19.4. The van der Waals surface area contributed by atoms with E-state index in [4.69, 9.17) is 0 Å². The highest BCUT2D eigenvalue weighted by molar-refractivity contribution is 5.95. The Morgan fingerprint density at radius 2 is 1.41 bits per heavy atom. The van der Waals surface area contributed by atoms with Crippen molar-refractivity contribution in [2.24, 2.45) is 0 Å². The number of hydrogen-bond acceptors (Lipinski definition) is 5. The summed E-state index contributed by atoms with van der Waals surface area (Å²) in [4.78, 5) is 30.0. The standard InChI is InChI=1S/C19H20F3N5O2/c1-25(2)16-8-7-15(23-24-16)18(29)27-11-9-26(10-12-27)17(28)13-3-5-14(6-4-13)19(20,21)22/h3-8H,9-12H2,1-2H3. The Labute approximate surface area is 165 Å². The van der Waals surface area contributed by atoms with E-state index >= 15 is 0 Å². The van der Waals surface area contributed by atoms with Crippen LogP contribution in [0, 0.1) is 0 Å². The van der Waals surface area contributed by atoms with Crippen molar-refractivity contribution in [3.8, 4) is 0 Å². The molecule has 1 aromatic carbocycles. The highest BCUT2D eigenvalue weighted by Gasteiger charge is 2.31. The monoisotopic (exact) mass is 407 g/mol. The molecule has 0 aliphatic carbocycles. The van der Waals surface area contributed by atoms with Crippen molar-refractivity contribution in [2.75, 3.05) is 45.2 Å². The number of anilines is 1. The van der Waals surface area contributed by atoms with Gasteiger partial charge in [-0.05, 0) is 36.4 Å². The van der Waals surface area contributed by atoms with Crippen LogP contribution in [0.3, 0.4) is 0 Å². The van der Waals surface area contributed by atoms with E-state index in [9.17, 15) is 22.8 Å². The van der Waals surface area contributed by atoms with Crippen molar-refractivity contribution in [1.82, 2.24) is 20.0 Å². The maximum atomic E-state index is 12.7. The summed E-state index contributed by atoms with van der Waals surface area (Å²) in [6, 6.07) is 7.43. The minimum absolute atomic E-state index is 0.183. The number of nitrogens with zero attached hydrogens (tertiary/aromatic N) is 5. The molecule has 154 valence electrons. The summed E-state index contributed by atoms with van der Waals surface area (Å²) >= 11 is 0. The van der Waals surface area contributed by atoms with Crippen LogP contribution in [0.25, 0.3) is 0 Å². The molecule has 10 heteroatoms. The van der Waals surface area contributed by atoms with E-state index in [1.165, 1.54) is 17.0 Å². The van der Waals surface area contributed by atoms with Gasteiger partial charge in [-0.25, -0.2) is 0 Å². The van der Waals surface area contributed by atoms with Gasteiger partial charge in [-0.15, -0.1) is 10.2 Å². The van der Waals surface area contributed by atoms with Gasteiger partial charge in [0.1, 0.15) is 0 Å². The molecule has 0 saturated carbocycles. The molecule has 2 heterocycles. The van der Waals surface area contributed by atoms with Crippen LogP contribution in [0.15, 0.2) is 36.4 Å². The fraction of sp³-hybridized carbons (Fsp3) is 0.368. The quantitative estimate of drug-likeness (QED) is 0.780. The van der Waals surface area contributed by atoms with Crippen LogP contribution in [-0.2, 0) is 6.18 Å². The van der Waals surface area contributed by atoms with E-state index in [2.05, 4.69) is 10.2 Å². The van der Waals surface area contributed by atoms with E-state index in [1.54, 1.807) is 21.9 Å². The van der Waals surface area contributed by atoms with Crippen molar-refractivity contribution < 1.29 is 22.8 Å². The average Bonchev–Trinajstić information content (AvgIpc) is 2.72. The van der Waals surface area contributed by atoms with Gasteiger partial charge in [-0.2, -0.15) is 13.2 Å². The van der Waals surface area contributed by atoms with E-state index < -0.39 is 11.7 Å². The Balaban J connectivity index is 1.59. The number of amides is 2. The van der Waals surface area contributed by atoms with Gasteiger partial charge >= 0.3 is 6.18 Å². The minimum atomic E-state index is -4.44. The third-order valence-electron chi connectivity index (χ3n) is 4.64. The van der Waals surface area contributed by atoms with Crippen molar-refractivity contribution in [3.63, 3.8) is 0 Å². The van der Waals surface area contributed by atoms with Crippen LogP contribution in [0.1, 0.15) is 26.4 Å². The van der Waals surface area contributed by atoms with Gasteiger partial charge in [-0.1, -0.05) is 0 Å². The molecule has 2 amide bonds. The lowest BCUT2D eigenvalue weighted by Crippen LogP contribution is -2.50. The molecule has 29 heavy (non-hydrogen) atoms. The van der Waals surface area contributed by atoms with Crippen LogP contribution in [0.2, 0.25) is 0 Å². The summed E-state index contributed by atoms with van der Waals surface area (Å²) in [6.45, 7) is 1.19. The largest absolute Gasteiger partial charge is 0.416 e. The van der Waals surface area contributed by atoms with Gasteiger partial charge < -0.3 is 14.7 Å². The lowest BCUT2D eigenvalue weighted by molar-refractivity contribution is -0.137. The molecule has 0 atom stereocenters. The molecule has 0 spiro atoms. The highest BCUT2D eigenvalue weighted by Crippen LogP contribution is 2.29. The molecule has 0 N–H and O–H groups in total. The number of benzene rings is 1. The summed E-state index contributed by atoms with van der Waals surface area (Å²) in [5.74, 6) is -0.00102. The zero-order valence-electron chi connectivity index (χ0n) is 16.0. The molecule has 1 aliphatic rings. The first-order valence-corrected chi connectivity index (χ1v) is 8.93. The Bertz CT molecular complexity index is 874. The smallest absolute Gasteiger partial charge is 0.361 e. The number of carbonyl (C=O) groups is 2. The van der Waals surface area contributed by atoms with Gasteiger partial charge in [0.15, 0.2) is 11.5 Å². The fourth-order valence-corrected chi connectivity index (χ4v) is 2.94. The van der Waals surface area contributed by atoms with Crippen molar-refractivity contribution in [1.29, 1.82) is 0 Å². The molecular formula is C19H20F3N5O2. The molecule has 1 fully saturated rings. The maximum Gasteiger partial charge on any atom is 0.416 e. The second-order valence-corrected chi connectivity index (χ2v) is 6.83. The van der Waals surface area contributed by atoms with E-state index in [0.717, 1.165) is 12.1 Å². The van der Waals surface area contributed by atoms with Crippen molar-refractivity contribution in [3.05, 3.63) is 53.2 Å². The van der Waals surface area contributed by atoms with Gasteiger partial charge in [0.2, 0.25) is 0 Å². The van der Waals surface area contributed by atoms with E-state index in [-0.39, 0.29) is 36.2 Å². The molecule has 1 aromatic heterocycles. The number of hydrogen-bond donors (Lipinski definition) is 0. The Hall–Kier alpha value is -3.17. The number of rotatable bonds is 3. The van der Waals surface area contributed by atoms with Crippen LogP contribution < -0.4 is 4.90 Å². The average molecular weight is 407 g/mol. The molecule has 7 nitrogen and oxygen atoms in total. The molecule has 0 unspecified atom stereocenters. The number of alkyl halides is 3. The maximum absolute atomic E-state index is 12.7. The van der Waals surface area contributed by atoms with Gasteiger partial charge in [-0.3, -0.25) is 9.59 Å². The van der Waals surface area contributed by atoms with Gasteiger partial charge in [0.25, 0.3) is 11.8 Å². The number of halogens is 3. The van der Waals surface area contributed by atoms with Crippen LogP contribution in [0.4, 0.5) is 19.0 Å². The van der Waals surface area contributed by atoms with Crippen LogP contribution in [-0.4, -0.2) is 72.1 Å². The third kappa shape index (κ3) is 4.64. The first-order valence-electron chi connectivity index (χ1n) is 8.93. The lowest BCUT2D eigenvalue weighted by Gasteiger charge is -2.34. The lowest BCUT2D eigenvalue weighted by atomic mass is 10.1. The Kier molecular flexibility index (Phi) is 5.71. The van der Waals surface area contributed by atoms with Gasteiger partial charge in [0.05, 0.1) is 5.56 Å². The van der Waals surface area contributed by atoms with Crippen LogP contribution in [0.5, 0.6) is 0 Å². The molecule has 0 radical (unpaired) electrons. The van der Waals surface area contributed by atoms with Gasteiger partial charge in [0, 0.05) is 45.8 Å². The first kappa shape index (κ1) is 20.6. The predicted molar refractivity (Wildman–Crippen MR) is 99.6 cm³/mol. The fourth-order valence-electron chi connectivity index (χ4n) is 2.94. The molecule has 3 rings (SSSR count). The predicted octanol–water partition coefficient (Wildman–Crippen LogP) is 2.16. The topological polar surface area (TPSA) is 69.6 Å². The second kappa shape index (κ2) is 8.06. The second-order valence-electron chi connectivity index (χ2n) is 6.83. The SMILES string of the molecule is CN(C)c1ccc(C(=O)N2CCN(C(=O)c3ccc(C(F)(F)F)cc3)CC2)nn1. The zero-order valence-corrected chi connectivity index (χ0v) is 16.0. The first-order chi connectivity index (χ1) is 13.7. The summed E-state index contributed by atoms with van der Waals surface area (Å²) in [5.41, 5.74) is -0.396. The molecule has 0 bridgehead atoms. The summed E-state index contributed by atoms with van der Waals surface area (Å²) in [6.07, 6.45) is -4.44. The molecule has 1 saturated heterocycles. The van der Waals surface area contributed by atoms with Crippen molar-refractivity contribution in [2.45, 2.75) is 6.18 Å². The molecule has 2 aromatic rings. The summed E-state index contributed by atoms with van der Waals surface area (Å²) in [5, 5.41) is 7.93. The molecule has 1 aliphatic heterocycles. The number of carbonyl (C=O) groups excluding carboxylic acids is 2. The third-order valence-corrected chi connectivity index (χ3v) is 4.64. The zero-order chi connectivity index (χ0) is 21.2. The Morgan fingerprint density at radius 1 is 0.862 bits per heavy atom. The number of aromatic nitrogens is 2. The van der Waals surface area contributed by atoms with E-state index in [1.807, 2.05) is 14.1 Å². The summed E-state index contributed by atoms with van der Waals surface area (Å²) in [7, 11) is 3.64. The normalized spacial score (nSPS) is 14.7. The van der Waals surface area contributed by atoms with E-state index in [0.29, 0.717) is 18.9 Å². The molecular weight excluding hydrogens is 387 g/mol.